The van der Waals surface area contributed by atoms with Gasteiger partial charge in [-0.25, -0.2) is 9.97 Å². The predicted octanol–water partition coefficient (Wildman–Crippen LogP) is 4.05. The lowest BCUT2D eigenvalue weighted by Gasteiger charge is -2.12. The van der Waals surface area contributed by atoms with E-state index in [0.29, 0.717) is 0 Å². The van der Waals surface area contributed by atoms with Crippen molar-refractivity contribution in [3.63, 3.8) is 0 Å². The lowest BCUT2D eigenvalue weighted by molar-refractivity contribution is 0.404. The molecule has 0 N–H and O–H groups in total. The average Bonchev–Trinajstić information content (AvgIpc) is 2.45. The summed E-state index contributed by atoms with van der Waals surface area (Å²) in [6.07, 6.45) is 0. The second-order valence-corrected chi connectivity index (χ2v) is 5.47. The number of hydrogen-bond acceptors (Lipinski definition) is 4. The third kappa shape index (κ3) is 3.10. The molecule has 0 aliphatic rings. The Morgan fingerprint density at radius 1 is 1.05 bits per heavy atom. The summed E-state index contributed by atoms with van der Waals surface area (Å²) in [6, 6.07) is 7.53. The van der Waals surface area contributed by atoms with E-state index in [9.17, 15) is 0 Å². The van der Waals surface area contributed by atoms with Crippen LogP contribution in [0.5, 0.6) is 11.5 Å². The fraction of sp³-hybridized carbons (Fsp3) is 0.333. The Kier molecular flexibility index (Phi) is 4.60. The molecule has 0 saturated carbocycles. The van der Waals surface area contributed by atoms with Crippen LogP contribution in [0.4, 0.5) is 0 Å². The fourth-order valence-electron chi connectivity index (χ4n) is 1.85. The molecule has 4 nitrogen and oxygen atoms in total. The molecule has 0 atom stereocenters. The number of nitrogens with zero attached hydrogens (tertiary/aromatic N) is 2. The van der Waals surface area contributed by atoms with E-state index in [-0.39, 0.29) is 5.92 Å². The van der Waals surface area contributed by atoms with Crippen LogP contribution in [0, 0.1) is 0 Å². The molecule has 5 heteroatoms. The number of ether oxygens (including phenoxy) is 2. The second-order valence-electron chi connectivity index (χ2n) is 4.66. The second kappa shape index (κ2) is 6.22. The van der Waals surface area contributed by atoms with E-state index in [1.54, 1.807) is 14.2 Å². The van der Waals surface area contributed by atoms with Gasteiger partial charge in [-0.15, -0.1) is 0 Å². The highest BCUT2D eigenvalue weighted by molar-refractivity contribution is 9.10. The van der Waals surface area contributed by atoms with E-state index in [4.69, 9.17) is 9.47 Å². The van der Waals surface area contributed by atoms with Crippen molar-refractivity contribution in [2.24, 2.45) is 0 Å². The predicted molar refractivity (Wildman–Crippen MR) is 82.4 cm³/mol. The van der Waals surface area contributed by atoms with Crippen molar-refractivity contribution in [2.45, 2.75) is 19.8 Å². The molecule has 20 heavy (non-hydrogen) atoms. The zero-order chi connectivity index (χ0) is 14.7. The maximum Gasteiger partial charge on any atom is 0.132 e. The minimum absolute atomic E-state index is 0.253. The topological polar surface area (TPSA) is 44.2 Å². The highest BCUT2D eigenvalue weighted by Crippen LogP contribution is 2.33. The van der Waals surface area contributed by atoms with Crippen molar-refractivity contribution < 1.29 is 9.47 Å². The van der Waals surface area contributed by atoms with Crippen molar-refractivity contribution in [3.05, 3.63) is 34.7 Å². The number of rotatable bonds is 4. The minimum Gasteiger partial charge on any atom is -0.497 e. The molecule has 106 valence electrons. The zero-order valence-corrected chi connectivity index (χ0v) is 13.6. The van der Waals surface area contributed by atoms with Crippen molar-refractivity contribution >= 4 is 15.9 Å². The van der Waals surface area contributed by atoms with Crippen LogP contribution in [-0.2, 0) is 0 Å². The zero-order valence-electron chi connectivity index (χ0n) is 12.0. The van der Waals surface area contributed by atoms with Gasteiger partial charge < -0.3 is 9.47 Å². The number of methoxy groups -OCH3 is 2. The van der Waals surface area contributed by atoms with Gasteiger partial charge in [0.1, 0.15) is 21.9 Å². The third-order valence-corrected chi connectivity index (χ3v) is 3.32. The normalized spacial score (nSPS) is 10.7. The van der Waals surface area contributed by atoms with Crippen LogP contribution < -0.4 is 9.47 Å². The molecule has 0 saturated heterocycles. The summed E-state index contributed by atoms with van der Waals surface area (Å²) in [5.74, 6) is 2.56. The molecule has 0 aliphatic heterocycles. The summed E-state index contributed by atoms with van der Waals surface area (Å²) in [6.45, 7) is 4.13. The van der Waals surface area contributed by atoms with Gasteiger partial charge in [-0.1, -0.05) is 13.8 Å². The van der Waals surface area contributed by atoms with Gasteiger partial charge in [-0.2, -0.15) is 0 Å². The molecule has 0 amide bonds. The van der Waals surface area contributed by atoms with Gasteiger partial charge in [0.15, 0.2) is 0 Å². The first-order valence-corrected chi connectivity index (χ1v) is 7.11. The van der Waals surface area contributed by atoms with Gasteiger partial charge >= 0.3 is 0 Å². The van der Waals surface area contributed by atoms with Crippen LogP contribution in [0.3, 0.4) is 0 Å². The number of aromatic nitrogens is 2. The summed E-state index contributed by atoms with van der Waals surface area (Å²) < 4.78 is 11.4. The maximum absolute atomic E-state index is 5.41. The van der Waals surface area contributed by atoms with Gasteiger partial charge in [0.25, 0.3) is 0 Å². The smallest absolute Gasteiger partial charge is 0.132 e. The molecule has 0 unspecified atom stereocenters. The van der Waals surface area contributed by atoms with Crippen LogP contribution in [-0.4, -0.2) is 24.2 Å². The molecule has 2 aromatic rings. The van der Waals surface area contributed by atoms with E-state index >= 15 is 0 Å². The first kappa shape index (κ1) is 14.8. The van der Waals surface area contributed by atoms with Crippen LogP contribution >= 0.6 is 15.9 Å². The lowest BCUT2D eigenvalue weighted by atomic mass is 10.1. The first-order chi connectivity index (χ1) is 9.55. The van der Waals surface area contributed by atoms with E-state index < -0.39 is 0 Å². The Morgan fingerprint density at radius 2 is 1.80 bits per heavy atom. The van der Waals surface area contributed by atoms with Gasteiger partial charge in [0.05, 0.1) is 19.9 Å². The highest BCUT2D eigenvalue weighted by atomic mass is 79.9. The van der Waals surface area contributed by atoms with E-state index in [1.165, 1.54) is 0 Å². The third-order valence-electron chi connectivity index (χ3n) is 2.91. The van der Waals surface area contributed by atoms with Crippen LogP contribution in [0.2, 0.25) is 0 Å². The van der Waals surface area contributed by atoms with E-state index in [2.05, 4.69) is 39.7 Å². The molecule has 1 heterocycles. The van der Waals surface area contributed by atoms with Crippen LogP contribution in [0.1, 0.15) is 25.6 Å². The molecule has 0 aliphatic carbocycles. The number of hydrogen-bond donors (Lipinski definition) is 0. The monoisotopic (exact) mass is 336 g/mol. The Labute approximate surface area is 127 Å². The largest absolute Gasteiger partial charge is 0.497 e. The Hall–Kier alpha value is -1.62. The maximum atomic E-state index is 5.41. The minimum atomic E-state index is 0.253. The van der Waals surface area contributed by atoms with Gasteiger partial charge in [-0.05, 0) is 40.2 Å². The van der Waals surface area contributed by atoms with Crippen molar-refractivity contribution in [1.82, 2.24) is 9.97 Å². The van der Waals surface area contributed by atoms with Gasteiger partial charge in [0, 0.05) is 11.5 Å². The molecular weight excluding hydrogens is 320 g/mol. The van der Waals surface area contributed by atoms with Gasteiger partial charge in [-0.3, -0.25) is 0 Å². The molecule has 0 bridgehead atoms. The quantitative estimate of drug-likeness (QED) is 0.790. The highest BCUT2D eigenvalue weighted by Gasteiger charge is 2.13. The van der Waals surface area contributed by atoms with Gasteiger partial charge in [0.2, 0.25) is 0 Å². The number of benzene rings is 1. The van der Waals surface area contributed by atoms with Crippen LogP contribution in [0.15, 0.2) is 28.9 Å². The Bertz CT molecular complexity index is 615. The molecule has 1 aromatic heterocycles. The number of halogens is 1. The summed E-state index contributed by atoms with van der Waals surface area (Å²) >= 11 is 3.44. The molecule has 0 spiro atoms. The summed E-state index contributed by atoms with van der Waals surface area (Å²) in [5, 5.41) is 0. The molecule has 2 rings (SSSR count). The van der Waals surface area contributed by atoms with E-state index in [1.807, 2.05) is 24.3 Å². The molecular formula is C15H17BrN2O2. The van der Waals surface area contributed by atoms with E-state index in [0.717, 1.165) is 33.2 Å². The van der Waals surface area contributed by atoms with Crippen LogP contribution in [0.25, 0.3) is 11.3 Å². The standard InChI is InChI=1S/C15H17BrN2O2/c1-9(2)15-17-12(8-14(16)18-15)11-7-10(19-3)5-6-13(11)20-4/h5-9H,1-4H3. The molecule has 0 radical (unpaired) electrons. The summed E-state index contributed by atoms with van der Waals surface area (Å²) in [7, 11) is 3.28. The Balaban J connectivity index is 2.60. The summed E-state index contributed by atoms with van der Waals surface area (Å²) in [4.78, 5) is 9.00. The SMILES string of the molecule is COc1ccc(OC)c(-c2cc(Br)nc(C(C)C)n2)c1. The van der Waals surface area contributed by atoms with Crippen molar-refractivity contribution in [3.8, 4) is 22.8 Å². The molecule has 0 fully saturated rings. The molecule has 1 aromatic carbocycles. The summed E-state index contributed by atoms with van der Waals surface area (Å²) in [5.41, 5.74) is 1.70. The first-order valence-electron chi connectivity index (χ1n) is 6.32. The Morgan fingerprint density at radius 3 is 2.40 bits per heavy atom. The lowest BCUT2D eigenvalue weighted by Crippen LogP contribution is -2.00. The fourth-order valence-corrected chi connectivity index (χ4v) is 2.24. The average molecular weight is 337 g/mol. The van der Waals surface area contributed by atoms with Crippen molar-refractivity contribution in [1.29, 1.82) is 0 Å². The van der Waals surface area contributed by atoms with Crippen molar-refractivity contribution in [2.75, 3.05) is 14.2 Å².